The van der Waals surface area contributed by atoms with Crippen molar-refractivity contribution in [3.05, 3.63) is 103 Å². The Kier molecular flexibility index (Phi) is 5.22. The third-order valence-electron chi connectivity index (χ3n) is 5.89. The third kappa shape index (κ3) is 3.56. The molecule has 1 aliphatic carbocycles. The minimum absolute atomic E-state index is 0.100. The van der Waals surface area contributed by atoms with Crippen LogP contribution in [0.1, 0.15) is 29.2 Å². The van der Waals surface area contributed by atoms with Gasteiger partial charge >= 0.3 is 5.69 Å². The molecule has 6 nitrogen and oxygen atoms in total. The largest absolute Gasteiger partial charge is 0.348 e. The van der Waals surface area contributed by atoms with Crippen molar-refractivity contribution in [1.29, 1.82) is 0 Å². The summed E-state index contributed by atoms with van der Waals surface area (Å²) >= 11 is 1.20. The first-order valence-corrected chi connectivity index (χ1v) is 11.2. The van der Waals surface area contributed by atoms with Gasteiger partial charge in [-0.1, -0.05) is 42.5 Å². The maximum absolute atomic E-state index is 14.2. The molecule has 162 valence electrons. The fourth-order valence-electron chi connectivity index (χ4n) is 4.31. The molecule has 0 spiro atoms. The smallest absolute Gasteiger partial charge is 0.332 e. The summed E-state index contributed by atoms with van der Waals surface area (Å²) in [6.07, 6.45) is 1.70. The summed E-state index contributed by atoms with van der Waals surface area (Å²) in [6.45, 7) is -0.419. The number of halogens is 1. The average Bonchev–Trinajstić information content (AvgIpc) is 3.43. The van der Waals surface area contributed by atoms with E-state index in [0.717, 1.165) is 23.0 Å². The van der Waals surface area contributed by atoms with Crippen molar-refractivity contribution in [3.63, 3.8) is 0 Å². The molecule has 1 amide bonds. The van der Waals surface area contributed by atoms with E-state index in [1.54, 1.807) is 23.6 Å². The van der Waals surface area contributed by atoms with Crippen LogP contribution in [0.25, 0.3) is 10.2 Å². The number of hydrogen-bond donors (Lipinski definition) is 1. The van der Waals surface area contributed by atoms with Gasteiger partial charge in [-0.3, -0.25) is 18.7 Å². The first-order valence-electron chi connectivity index (χ1n) is 10.3. The van der Waals surface area contributed by atoms with Gasteiger partial charge in [0, 0.05) is 5.56 Å². The number of rotatable bonds is 5. The van der Waals surface area contributed by atoms with Gasteiger partial charge in [0.25, 0.3) is 5.56 Å². The number of fused-ring (bicyclic) bond motifs is 2. The lowest BCUT2D eigenvalue weighted by molar-refractivity contribution is -0.122. The summed E-state index contributed by atoms with van der Waals surface area (Å²) in [5.41, 5.74) is 1.85. The highest BCUT2D eigenvalue weighted by atomic mass is 32.1. The van der Waals surface area contributed by atoms with E-state index in [1.807, 2.05) is 18.2 Å². The van der Waals surface area contributed by atoms with Crippen LogP contribution in [0.3, 0.4) is 0 Å². The van der Waals surface area contributed by atoms with Crippen molar-refractivity contribution in [2.75, 3.05) is 0 Å². The Morgan fingerprint density at radius 1 is 1.06 bits per heavy atom. The van der Waals surface area contributed by atoms with Crippen LogP contribution in [-0.2, 0) is 24.3 Å². The van der Waals surface area contributed by atoms with Crippen molar-refractivity contribution in [3.8, 4) is 0 Å². The second-order valence-electron chi connectivity index (χ2n) is 7.84. The Balaban J connectivity index is 1.48. The summed E-state index contributed by atoms with van der Waals surface area (Å²) in [7, 11) is 0. The van der Waals surface area contributed by atoms with Gasteiger partial charge in [0.15, 0.2) is 0 Å². The van der Waals surface area contributed by atoms with Gasteiger partial charge in [0.05, 0.1) is 18.1 Å². The monoisotopic (exact) mass is 449 g/mol. The van der Waals surface area contributed by atoms with Gasteiger partial charge in [-0.15, -0.1) is 11.3 Å². The second kappa shape index (κ2) is 8.20. The second-order valence-corrected chi connectivity index (χ2v) is 8.76. The molecule has 1 atom stereocenters. The molecule has 1 unspecified atom stereocenters. The topological polar surface area (TPSA) is 73.1 Å². The number of carbonyl (C=O) groups is 1. The van der Waals surface area contributed by atoms with E-state index in [9.17, 15) is 18.8 Å². The maximum atomic E-state index is 14.2. The van der Waals surface area contributed by atoms with Gasteiger partial charge in [-0.05, 0) is 41.5 Å². The molecule has 0 bridgehead atoms. The summed E-state index contributed by atoms with van der Waals surface area (Å²) in [6, 6.07) is 15.6. The van der Waals surface area contributed by atoms with Crippen LogP contribution >= 0.6 is 11.3 Å². The molecule has 5 rings (SSSR count). The van der Waals surface area contributed by atoms with Gasteiger partial charge in [0.1, 0.15) is 17.1 Å². The normalized spacial score (nSPS) is 15.1. The molecule has 2 heterocycles. The maximum Gasteiger partial charge on any atom is 0.332 e. The van der Waals surface area contributed by atoms with Crippen LogP contribution in [-0.4, -0.2) is 15.0 Å². The zero-order valence-corrected chi connectivity index (χ0v) is 17.9. The van der Waals surface area contributed by atoms with E-state index < -0.39 is 17.1 Å². The van der Waals surface area contributed by atoms with E-state index in [-0.39, 0.29) is 30.6 Å². The Bertz CT molecular complexity index is 1450. The fraction of sp³-hybridized carbons (Fsp3) is 0.208. The highest BCUT2D eigenvalue weighted by molar-refractivity contribution is 7.17. The van der Waals surface area contributed by atoms with E-state index in [4.69, 9.17) is 0 Å². The van der Waals surface area contributed by atoms with Crippen LogP contribution in [0.2, 0.25) is 0 Å². The van der Waals surface area contributed by atoms with Crippen molar-refractivity contribution < 1.29 is 9.18 Å². The molecule has 0 fully saturated rings. The third-order valence-corrected chi connectivity index (χ3v) is 6.78. The molecule has 1 N–H and O–H groups in total. The number of nitrogens with one attached hydrogen (secondary N) is 1. The van der Waals surface area contributed by atoms with E-state index in [2.05, 4.69) is 11.4 Å². The molecule has 0 saturated heterocycles. The average molecular weight is 450 g/mol. The highest BCUT2D eigenvalue weighted by Crippen LogP contribution is 2.30. The van der Waals surface area contributed by atoms with Crippen molar-refractivity contribution in [2.24, 2.45) is 0 Å². The lowest BCUT2D eigenvalue weighted by Gasteiger charge is -2.16. The number of benzene rings is 2. The van der Waals surface area contributed by atoms with Gasteiger partial charge in [-0.2, -0.15) is 0 Å². The predicted molar refractivity (Wildman–Crippen MR) is 121 cm³/mol. The molecule has 0 radical (unpaired) electrons. The molecule has 0 aliphatic heterocycles. The Hall–Kier alpha value is -3.52. The quantitative estimate of drug-likeness (QED) is 0.509. The van der Waals surface area contributed by atoms with Crippen molar-refractivity contribution in [1.82, 2.24) is 14.5 Å². The summed E-state index contributed by atoms with van der Waals surface area (Å²) < 4.78 is 16.8. The standard InChI is InChI=1S/C24H20FN3O3S/c25-18-8-4-2-6-16(18)13-28-23(30)22-20(11-12-32-22)27(24(28)31)14-21(29)26-19-10-9-15-5-1-3-7-17(15)19/h1-8,11-12,19H,9-10,13-14H2,(H,26,29). The van der Waals surface area contributed by atoms with Crippen LogP contribution < -0.4 is 16.6 Å². The molecular weight excluding hydrogens is 429 g/mol. The minimum atomic E-state index is -0.633. The number of aromatic nitrogens is 2. The van der Waals surface area contributed by atoms with E-state index in [0.29, 0.717) is 10.2 Å². The van der Waals surface area contributed by atoms with Crippen LogP contribution in [0.15, 0.2) is 69.6 Å². The summed E-state index contributed by atoms with van der Waals surface area (Å²) in [5.74, 6) is -0.799. The number of carbonyl (C=O) groups excluding carboxylic acids is 1. The molecule has 8 heteroatoms. The zero-order chi connectivity index (χ0) is 22.2. The lowest BCUT2D eigenvalue weighted by atomic mass is 10.1. The first-order chi connectivity index (χ1) is 15.5. The Morgan fingerprint density at radius 2 is 1.84 bits per heavy atom. The molecule has 4 aromatic rings. The van der Waals surface area contributed by atoms with Crippen molar-refractivity contribution >= 4 is 27.5 Å². The molecule has 2 aromatic carbocycles. The van der Waals surface area contributed by atoms with E-state index >= 15 is 0 Å². The Labute approximate surface area is 186 Å². The predicted octanol–water partition coefficient (Wildman–Crippen LogP) is 3.22. The number of hydrogen-bond acceptors (Lipinski definition) is 4. The van der Waals surface area contributed by atoms with Gasteiger partial charge < -0.3 is 5.32 Å². The SMILES string of the molecule is O=C(Cn1c(=O)n(Cc2ccccc2F)c(=O)c2sccc21)NC1CCc2ccccc21. The molecule has 0 saturated carbocycles. The number of nitrogens with zero attached hydrogens (tertiary/aromatic N) is 2. The van der Waals surface area contributed by atoms with Crippen molar-refractivity contribution in [2.45, 2.75) is 32.0 Å². The van der Waals surface area contributed by atoms with Crippen LogP contribution in [0.5, 0.6) is 0 Å². The first kappa shape index (κ1) is 20.4. The highest BCUT2D eigenvalue weighted by Gasteiger charge is 2.24. The van der Waals surface area contributed by atoms with Crippen LogP contribution in [0, 0.1) is 5.82 Å². The number of thiophene rings is 1. The molecular formula is C24H20FN3O3S. The molecule has 1 aliphatic rings. The molecule has 32 heavy (non-hydrogen) atoms. The van der Waals surface area contributed by atoms with Crippen LogP contribution in [0.4, 0.5) is 4.39 Å². The fourth-order valence-corrected chi connectivity index (χ4v) is 5.16. The number of amides is 1. The zero-order valence-electron chi connectivity index (χ0n) is 17.1. The lowest BCUT2D eigenvalue weighted by Crippen LogP contribution is -2.42. The minimum Gasteiger partial charge on any atom is -0.348 e. The van der Waals surface area contributed by atoms with Gasteiger partial charge in [0.2, 0.25) is 5.91 Å². The Morgan fingerprint density at radius 3 is 2.69 bits per heavy atom. The summed E-state index contributed by atoms with van der Waals surface area (Å²) in [5, 5.41) is 4.73. The van der Waals surface area contributed by atoms with E-state index in [1.165, 1.54) is 33.6 Å². The molecule has 2 aromatic heterocycles. The summed E-state index contributed by atoms with van der Waals surface area (Å²) in [4.78, 5) is 39.0. The van der Waals surface area contributed by atoms with Gasteiger partial charge in [-0.25, -0.2) is 9.18 Å². The number of aryl methyl sites for hydroxylation is 1.